The molecule has 0 saturated carbocycles. The van der Waals surface area contributed by atoms with Gasteiger partial charge < -0.3 is 9.47 Å². The number of hydrogen-bond acceptors (Lipinski definition) is 6. The largest absolute Gasteiger partial charge is 0.491 e. The van der Waals surface area contributed by atoms with E-state index in [1.54, 1.807) is 31.5 Å². The molecule has 2 aromatic heterocycles. The van der Waals surface area contributed by atoms with Gasteiger partial charge in [0.05, 0.1) is 18.3 Å². The molecular formula is C18H16FN3O3. The standard InChI is InChI=1S/C18H16FN3O3/c1-24-18-7-3-13(10-20-18)17-5-2-12-8-15(4-6-16(12)21-17)25-11-14(9-19)22-23/h2-8,10,14H,9,11H2,1H3. The van der Waals surface area contributed by atoms with E-state index in [4.69, 9.17) is 9.47 Å². The Morgan fingerprint density at radius 1 is 1.20 bits per heavy atom. The zero-order valence-electron chi connectivity index (χ0n) is 13.6. The molecule has 2 heterocycles. The molecule has 0 radical (unpaired) electrons. The molecule has 6 nitrogen and oxygen atoms in total. The van der Waals surface area contributed by atoms with Gasteiger partial charge in [-0.25, -0.2) is 14.4 Å². The molecule has 0 spiro atoms. The van der Waals surface area contributed by atoms with Crippen molar-refractivity contribution >= 4 is 10.9 Å². The van der Waals surface area contributed by atoms with Crippen LogP contribution in [0.15, 0.2) is 53.8 Å². The van der Waals surface area contributed by atoms with Crippen LogP contribution in [0.5, 0.6) is 11.6 Å². The van der Waals surface area contributed by atoms with Crippen LogP contribution in [-0.2, 0) is 0 Å². The minimum Gasteiger partial charge on any atom is -0.491 e. The molecule has 1 atom stereocenters. The lowest BCUT2D eigenvalue weighted by Gasteiger charge is -2.09. The average molecular weight is 341 g/mol. The summed E-state index contributed by atoms with van der Waals surface area (Å²) in [7, 11) is 1.57. The van der Waals surface area contributed by atoms with Crippen LogP contribution in [0.3, 0.4) is 0 Å². The normalized spacial score (nSPS) is 11.9. The van der Waals surface area contributed by atoms with Gasteiger partial charge in [0.1, 0.15) is 19.0 Å². The number of benzene rings is 1. The van der Waals surface area contributed by atoms with Crippen molar-refractivity contribution < 1.29 is 13.9 Å². The summed E-state index contributed by atoms with van der Waals surface area (Å²) >= 11 is 0. The maximum Gasteiger partial charge on any atom is 0.212 e. The summed E-state index contributed by atoms with van der Waals surface area (Å²) < 4.78 is 22.9. The van der Waals surface area contributed by atoms with Crippen LogP contribution in [0.2, 0.25) is 0 Å². The van der Waals surface area contributed by atoms with Crippen LogP contribution in [-0.4, -0.2) is 36.4 Å². The number of alkyl halides is 1. The number of rotatable bonds is 7. The predicted octanol–water partition coefficient (Wildman–Crippen LogP) is 3.79. The Hall–Kier alpha value is -3.09. The first-order valence-corrected chi connectivity index (χ1v) is 7.66. The predicted molar refractivity (Wildman–Crippen MR) is 92.6 cm³/mol. The second-order valence-corrected chi connectivity index (χ2v) is 5.36. The third kappa shape index (κ3) is 3.88. The highest BCUT2D eigenvalue weighted by atomic mass is 19.1. The van der Waals surface area contributed by atoms with E-state index >= 15 is 0 Å². The molecule has 0 saturated heterocycles. The number of aromatic nitrogens is 2. The van der Waals surface area contributed by atoms with Crippen LogP contribution in [0.25, 0.3) is 22.2 Å². The highest BCUT2D eigenvalue weighted by molar-refractivity contribution is 5.82. The fourth-order valence-corrected chi connectivity index (χ4v) is 2.30. The summed E-state index contributed by atoms with van der Waals surface area (Å²) in [6, 6.07) is 11.8. The van der Waals surface area contributed by atoms with Crippen LogP contribution < -0.4 is 9.47 Å². The van der Waals surface area contributed by atoms with E-state index in [-0.39, 0.29) is 6.61 Å². The third-order valence-corrected chi connectivity index (χ3v) is 3.67. The fourth-order valence-electron chi connectivity index (χ4n) is 2.30. The van der Waals surface area contributed by atoms with E-state index in [1.807, 2.05) is 24.3 Å². The molecule has 3 aromatic rings. The van der Waals surface area contributed by atoms with Crippen LogP contribution >= 0.6 is 0 Å². The average Bonchev–Trinajstić information content (AvgIpc) is 2.68. The van der Waals surface area contributed by atoms with Crippen LogP contribution in [0, 0.1) is 4.91 Å². The molecule has 1 aromatic carbocycles. The van der Waals surface area contributed by atoms with Crippen LogP contribution in [0.1, 0.15) is 0 Å². The molecule has 128 valence electrons. The maximum absolute atomic E-state index is 12.5. The van der Waals surface area contributed by atoms with Gasteiger partial charge >= 0.3 is 0 Å². The first kappa shape index (κ1) is 16.8. The number of halogens is 1. The quantitative estimate of drug-likeness (QED) is 0.611. The number of methoxy groups -OCH3 is 1. The zero-order valence-corrected chi connectivity index (χ0v) is 13.6. The van der Waals surface area contributed by atoms with Gasteiger partial charge in [0, 0.05) is 23.2 Å². The van der Waals surface area contributed by atoms with Gasteiger partial charge in [-0.1, -0.05) is 11.2 Å². The number of pyridine rings is 2. The summed E-state index contributed by atoms with van der Waals surface area (Å²) in [4.78, 5) is 19.2. The van der Waals surface area contributed by atoms with Gasteiger partial charge in [0.2, 0.25) is 5.88 Å². The van der Waals surface area contributed by atoms with Crippen molar-refractivity contribution in [3.05, 3.63) is 53.6 Å². The first-order valence-electron chi connectivity index (χ1n) is 7.66. The highest BCUT2D eigenvalue weighted by Crippen LogP contribution is 2.24. The molecule has 0 aliphatic heterocycles. The van der Waals surface area contributed by atoms with E-state index in [0.717, 1.165) is 22.2 Å². The third-order valence-electron chi connectivity index (χ3n) is 3.67. The molecule has 0 aliphatic carbocycles. The van der Waals surface area contributed by atoms with Gasteiger partial charge in [-0.15, -0.1) is 0 Å². The highest BCUT2D eigenvalue weighted by Gasteiger charge is 2.10. The fraction of sp³-hybridized carbons (Fsp3) is 0.222. The summed E-state index contributed by atoms with van der Waals surface area (Å²) in [5.74, 6) is 1.08. The number of nitrogens with zero attached hydrogens (tertiary/aromatic N) is 3. The second-order valence-electron chi connectivity index (χ2n) is 5.36. The Labute approximate surface area is 143 Å². The summed E-state index contributed by atoms with van der Waals surface area (Å²) in [6.45, 7) is -0.924. The Bertz CT molecular complexity index is 871. The molecule has 1 unspecified atom stereocenters. The monoisotopic (exact) mass is 341 g/mol. The lowest BCUT2D eigenvalue weighted by Crippen LogP contribution is -2.17. The van der Waals surface area contributed by atoms with Gasteiger partial charge in [0.25, 0.3) is 0 Å². The SMILES string of the molecule is COc1ccc(-c2ccc3cc(OCC(CF)N=O)ccc3n2)cn1. The number of ether oxygens (including phenoxy) is 2. The smallest absolute Gasteiger partial charge is 0.212 e. The molecule has 3 rings (SSSR count). The number of nitroso groups, excluding NO2 is 1. The van der Waals surface area contributed by atoms with E-state index < -0.39 is 12.7 Å². The Kier molecular flexibility index (Phi) is 5.13. The molecule has 0 fully saturated rings. The van der Waals surface area contributed by atoms with Crippen molar-refractivity contribution in [1.82, 2.24) is 9.97 Å². The summed E-state index contributed by atoms with van der Waals surface area (Å²) in [6.07, 6.45) is 1.70. The Morgan fingerprint density at radius 2 is 2.08 bits per heavy atom. The van der Waals surface area contributed by atoms with E-state index in [1.165, 1.54) is 0 Å². The van der Waals surface area contributed by atoms with Gasteiger partial charge in [-0.2, -0.15) is 4.91 Å². The Balaban J connectivity index is 1.81. The first-order chi connectivity index (χ1) is 12.2. The van der Waals surface area contributed by atoms with E-state index in [2.05, 4.69) is 15.1 Å². The molecule has 7 heteroatoms. The number of fused-ring (bicyclic) bond motifs is 1. The maximum atomic E-state index is 12.5. The van der Waals surface area contributed by atoms with E-state index in [0.29, 0.717) is 11.6 Å². The molecule has 0 aliphatic rings. The molecular weight excluding hydrogens is 325 g/mol. The van der Waals surface area contributed by atoms with Crippen LogP contribution in [0.4, 0.5) is 4.39 Å². The zero-order chi connectivity index (χ0) is 17.6. The number of hydrogen-bond donors (Lipinski definition) is 0. The van der Waals surface area contributed by atoms with Crippen molar-refractivity contribution in [2.75, 3.05) is 20.4 Å². The molecule has 0 N–H and O–H groups in total. The van der Waals surface area contributed by atoms with E-state index in [9.17, 15) is 9.30 Å². The molecule has 0 amide bonds. The van der Waals surface area contributed by atoms with Crippen molar-refractivity contribution in [3.8, 4) is 22.9 Å². The summed E-state index contributed by atoms with van der Waals surface area (Å²) in [5.41, 5.74) is 2.46. The van der Waals surface area contributed by atoms with Crippen molar-refractivity contribution in [3.63, 3.8) is 0 Å². The van der Waals surface area contributed by atoms with Gasteiger partial charge in [-0.05, 0) is 30.3 Å². The Morgan fingerprint density at radius 3 is 2.76 bits per heavy atom. The minimum absolute atomic E-state index is 0.0888. The van der Waals surface area contributed by atoms with Gasteiger partial charge in [-0.3, -0.25) is 0 Å². The molecule has 0 bridgehead atoms. The van der Waals surface area contributed by atoms with Crippen molar-refractivity contribution in [1.29, 1.82) is 0 Å². The lowest BCUT2D eigenvalue weighted by molar-refractivity contribution is 0.262. The summed E-state index contributed by atoms with van der Waals surface area (Å²) in [5, 5.41) is 3.54. The lowest BCUT2D eigenvalue weighted by atomic mass is 10.1. The van der Waals surface area contributed by atoms with Gasteiger partial charge in [0.15, 0.2) is 6.04 Å². The van der Waals surface area contributed by atoms with Crippen molar-refractivity contribution in [2.45, 2.75) is 6.04 Å². The topological polar surface area (TPSA) is 73.7 Å². The molecule has 25 heavy (non-hydrogen) atoms. The second kappa shape index (κ2) is 7.65. The van der Waals surface area contributed by atoms with Crippen molar-refractivity contribution in [2.24, 2.45) is 5.18 Å². The minimum atomic E-state index is -0.987.